The fraction of sp³-hybridized carbons (Fsp3) is 0.250. The molecule has 0 radical (unpaired) electrons. The Kier molecular flexibility index (Phi) is 4.12. The summed E-state index contributed by atoms with van der Waals surface area (Å²) in [7, 11) is 0. The van der Waals surface area contributed by atoms with E-state index in [4.69, 9.17) is 28.3 Å². The van der Waals surface area contributed by atoms with Gasteiger partial charge in [-0.15, -0.1) is 11.3 Å². The van der Waals surface area contributed by atoms with Gasteiger partial charge in [-0.2, -0.15) is 0 Å². The van der Waals surface area contributed by atoms with Crippen molar-refractivity contribution in [2.75, 3.05) is 6.61 Å². The number of benzene rings is 1. The first-order valence-corrected chi connectivity index (χ1v) is 6.89. The van der Waals surface area contributed by atoms with Gasteiger partial charge in [-0.05, 0) is 19.1 Å². The molecule has 0 saturated heterocycles. The predicted molar refractivity (Wildman–Crippen MR) is 75.9 cm³/mol. The Balaban J connectivity index is 2.39. The molecule has 0 spiro atoms. The van der Waals surface area contributed by atoms with E-state index in [9.17, 15) is 4.79 Å². The van der Waals surface area contributed by atoms with Crippen LogP contribution in [0.25, 0.3) is 10.1 Å². The van der Waals surface area contributed by atoms with Crippen LogP contribution in [0.3, 0.4) is 0 Å². The molecule has 3 nitrogen and oxygen atoms in total. The zero-order valence-corrected chi connectivity index (χ0v) is 11.9. The summed E-state index contributed by atoms with van der Waals surface area (Å²) in [5, 5.41) is 13.4. The summed E-state index contributed by atoms with van der Waals surface area (Å²) in [5.41, 5.74) is 0. The van der Waals surface area contributed by atoms with Crippen molar-refractivity contribution >= 4 is 50.5 Å². The number of carbonyl (C=O) groups is 1. The van der Waals surface area contributed by atoms with E-state index < -0.39 is 0 Å². The van der Waals surface area contributed by atoms with Crippen LogP contribution in [-0.2, 0) is 0 Å². The molecular formula is C12H11Cl2NO2S. The van der Waals surface area contributed by atoms with Crippen molar-refractivity contribution in [3.05, 3.63) is 33.1 Å². The molecule has 1 atom stereocenters. The molecule has 1 heterocycles. The van der Waals surface area contributed by atoms with E-state index in [1.807, 2.05) is 0 Å². The zero-order chi connectivity index (χ0) is 13.3. The highest BCUT2D eigenvalue weighted by Crippen LogP contribution is 2.36. The summed E-state index contributed by atoms with van der Waals surface area (Å²) >= 11 is 13.4. The number of nitrogens with one attached hydrogen (secondary N) is 1. The van der Waals surface area contributed by atoms with Crippen LogP contribution in [-0.4, -0.2) is 23.7 Å². The van der Waals surface area contributed by atoms with Gasteiger partial charge in [0.1, 0.15) is 4.88 Å². The average Bonchev–Trinajstić information content (AvgIpc) is 2.66. The Morgan fingerprint density at radius 3 is 2.89 bits per heavy atom. The Hall–Kier alpha value is -0.810. The van der Waals surface area contributed by atoms with Crippen molar-refractivity contribution in [2.24, 2.45) is 0 Å². The van der Waals surface area contributed by atoms with Crippen LogP contribution in [0, 0.1) is 0 Å². The smallest absolute Gasteiger partial charge is 0.263 e. The summed E-state index contributed by atoms with van der Waals surface area (Å²) in [6.07, 6.45) is 0. The van der Waals surface area contributed by atoms with Gasteiger partial charge in [0.15, 0.2) is 0 Å². The van der Waals surface area contributed by atoms with E-state index in [-0.39, 0.29) is 18.6 Å². The SMILES string of the molecule is C[C@H](CO)NC(=O)c1sc2cc(Cl)ccc2c1Cl. The number of rotatable bonds is 3. The summed E-state index contributed by atoms with van der Waals surface area (Å²) < 4.78 is 0.870. The fourth-order valence-electron chi connectivity index (χ4n) is 1.52. The number of hydrogen-bond donors (Lipinski definition) is 2. The second kappa shape index (κ2) is 5.45. The van der Waals surface area contributed by atoms with Gasteiger partial charge in [-0.25, -0.2) is 0 Å². The number of aliphatic hydroxyl groups excluding tert-OH is 1. The molecule has 18 heavy (non-hydrogen) atoms. The second-order valence-corrected chi connectivity index (χ2v) is 5.81. The van der Waals surface area contributed by atoms with Gasteiger partial charge >= 0.3 is 0 Å². The number of hydrogen-bond acceptors (Lipinski definition) is 3. The minimum Gasteiger partial charge on any atom is -0.394 e. The normalized spacial score (nSPS) is 12.7. The van der Waals surface area contributed by atoms with Crippen molar-refractivity contribution in [2.45, 2.75) is 13.0 Å². The number of thiophene rings is 1. The first-order valence-electron chi connectivity index (χ1n) is 5.32. The van der Waals surface area contributed by atoms with Gasteiger partial charge in [0.05, 0.1) is 11.6 Å². The monoisotopic (exact) mass is 303 g/mol. The zero-order valence-electron chi connectivity index (χ0n) is 9.54. The number of carbonyl (C=O) groups excluding carboxylic acids is 1. The maximum atomic E-state index is 12.0. The quantitative estimate of drug-likeness (QED) is 0.914. The van der Waals surface area contributed by atoms with Gasteiger partial charge in [0, 0.05) is 21.2 Å². The van der Waals surface area contributed by atoms with Crippen molar-refractivity contribution in [3.63, 3.8) is 0 Å². The number of amides is 1. The molecule has 2 rings (SSSR count). The third-order valence-electron chi connectivity index (χ3n) is 2.45. The molecule has 2 aromatic rings. The van der Waals surface area contributed by atoms with Crippen LogP contribution < -0.4 is 5.32 Å². The summed E-state index contributed by atoms with van der Waals surface area (Å²) in [4.78, 5) is 12.4. The molecule has 0 aliphatic rings. The topological polar surface area (TPSA) is 49.3 Å². The van der Waals surface area contributed by atoms with Gasteiger partial charge in [0.2, 0.25) is 0 Å². The Morgan fingerprint density at radius 1 is 1.50 bits per heavy atom. The van der Waals surface area contributed by atoms with E-state index in [1.54, 1.807) is 25.1 Å². The molecule has 0 aliphatic carbocycles. The van der Waals surface area contributed by atoms with E-state index in [2.05, 4.69) is 5.32 Å². The molecule has 1 aromatic carbocycles. The summed E-state index contributed by atoms with van der Waals surface area (Å²) in [6, 6.07) is 5.01. The molecule has 6 heteroatoms. The number of fused-ring (bicyclic) bond motifs is 1. The first kappa shape index (κ1) is 13.6. The molecule has 0 saturated carbocycles. The lowest BCUT2D eigenvalue weighted by Gasteiger charge is -2.09. The third-order valence-corrected chi connectivity index (χ3v) is 4.34. The summed E-state index contributed by atoms with van der Waals surface area (Å²) in [6.45, 7) is 1.61. The third kappa shape index (κ3) is 2.62. The molecule has 1 amide bonds. The van der Waals surface area contributed by atoms with Crippen LogP contribution in [0.1, 0.15) is 16.6 Å². The minimum atomic E-state index is -0.303. The standard InChI is InChI=1S/C12H11Cl2NO2S/c1-6(5-16)15-12(17)11-10(14)8-3-2-7(13)4-9(8)18-11/h2-4,6,16H,5H2,1H3,(H,15,17)/t6-/m1/s1. The molecule has 96 valence electrons. The van der Waals surface area contributed by atoms with E-state index in [1.165, 1.54) is 11.3 Å². The van der Waals surface area contributed by atoms with Crippen LogP contribution in [0.4, 0.5) is 0 Å². The number of halogens is 2. The highest BCUT2D eigenvalue weighted by Gasteiger charge is 2.18. The largest absolute Gasteiger partial charge is 0.394 e. The molecule has 0 fully saturated rings. The molecule has 2 N–H and O–H groups in total. The maximum absolute atomic E-state index is 12.0. The lowest BCUT2D eigenvalue weighted by molar-refractivity contribution is 0.0926. The highest BCUT2D eigenvalue weighted by molar-refractivity contribution is 7.21. The maximum Gasteiger partial charge on any atom is 0.263 e. The highest BCUT2D eigenvalue weighted by atomic mass is 35.5. The molecule has 0 aliphatic heterocycles. The van der Waals surface area contributed by atoms with Crippen molar-refractivity contribution in [1.82, 2.24) is 5.32 Å². The Bertz CT molecular complexity index is 597. The lowest BCUT2D eigenvalue weighted by Crippen LogP contribution is -2.34. The van der Waals surface area contributed by atoms with Crippen molar-refractivity contribution < 1.29 is 9.90 Å². The van der Waals surface area contributed by atoms with Crippen LogP contribution >= 0.6 is 34.5 Å². The molecule has 0 unspecified atom stereocenters. The average molecular weight is 304 g/mol. The Morgan fingerprint density at radius 2 is 2.22 bits per heavy atom. The van der Waals surface area contributed by atoms with Gasteiger partial charge in [0.25, 0.3) is 5.91 Å². The van der Waals surface area contributed by atoms with Gasteiger partial charge in [-0.3, -0.25) is 4.79 Å². The number of aliphatic hydroxyl groups is 1. The summed E-state index contributed by atoms with van der Waals surface area (Å²) in [5.74, 6) is -0.279. The van der Waals surface area contributed by atoms with Gasteiger partial charge < -0.3 is 10.4 Å². The van der Waals surface area contributed by atoms with E-state index in [0.29, 0.717) is 14.9 Å². The molecule has 0 bridgehead atoms. The minimum absolute atomic E-state index is 0.111. The first-order chi connectivity index (χ1) is 8.52. The van der Waals surface area contributed by atoms with Crippen molar-refractivity contribution in [1.29, 1.82) is 0 Å². The van der Waals surface area contributed by atoms with Crippen LogP contribution in [0.2, 0.25) is 10.0 Å². The lowest BCUT2D eigenvalue weighted by atomic mass is 10.2. The van der Waals surface area contributed by atoms with Crippen LogP contribution in [0.15, 0.2) is 18.2 Å². The Labute approximate surface area is 118 Å². The predicted octanol–water partition coefficient (Wildman–Crippen LogP) is 3.32. The van der Waals surface area contributed by atoms with Crippen molar-refractivity contribution in [3.8, 4) is 0 Å². The van der Waals surface area contributed by atoms with E-state index >= 15 is 0 Å². The van der Waals surface area contributed by atoms with E-state index in [0.717, 1.165) is 10.1 Å². The van der Waals surface area contributed by atoms with Crippen LogP contribution in [0.5, 0.6) is 0 Å². The molecular weight excluding hydrogens is 293 g/mol. The second-order valence-electron chi connectivity index (χ2n) is 3.94. The molecule has 1 aromatic heterocycles. The fourth-order valence-corrected chi connectivity index (χ4v) is 3.22. The van der Waals surface area contributed by atoms with Gasteiger partial charge in [-0.1, -0.05) is 29.3 Å².